The average Bonchev–Trinajstić information content (AvgIpc) is 3.58. The molecule has 3 heterocycles. The molecule has 0 aliphatic heterocycles. The molecule has 0 bridgehead atoms. The van der Waals surface area contributed by atoms with E-state index in [2.05, 4.69) is 146 Å². The fourth-order valence-corrected chi connectivity index (χ4v) is 7.27. The van der Waals surface area contributed by atoms with Crippen LogP contribution in [0.4, 0.5) is 0 Å². The molecule has 0 saturated carbocycles. The van der Waals surface area contributed by atoms with E-state index in [4.69, 9.17) is 14.8 Å². The van der Waals surface area contributed by atoms with Gasteiger partial charge in [-0.3, -0.25) is 4.68 Å². The Morgan fingerprint density at radius 1 is 0.755 bits per heavy atom. The molecule has 0 aliphatic rings. The van der Waals surface area contributed by atoms with Gasteiger partial charge < -0.3 is 9.30 Å². The van der Waals surface area contributed by atoms with Gasteiger partial charge in [0, 0.05) is 34.5 Å². The standard InChI is InChI=1S/C47H50N4O.Pt/c1-31-25-37(51-33(3)45(32(2)49-51)35-16-11-10-12-17-35)29-39(26-31)52-38-19-20-40-41-27-34(15-13-14-23-46(4,5)6)18-21-42(41)50(43(40)30-38)44-28-36(22-24-48-44)47(7,8)9;/h10-12,16-22,24-28H,13-15,23H2,1-9H3;/q-2;+2. The van der Waals surface area contributed by atoms with Crippen molar-refractivity contribution in [3.8, 4) is 34.1 Å². The van der Waals surface area contributed by atoms with Crippen molar-refractivity contribution < 1.29 is 25.8 Å². The van der Waals surface area contributed by atoms with Crippen molar-refractivity contribution >= 4 is 21.8 Å². The molecule has 3 aromatic heterocycles. The van der Waals surface area contributed by atoms with Crippen LogP contribution in [-0.4, -0.2) is 19.3 Å². The van der Waals surface area contributed by atoms with Crippen molar-refractivity contribution in [2.24, 2.45) is 5.41 Å². The fraction of sp³-hybridized carbons (Fsp3) is 0.319. The van der Waals surface area contributed by atoms with Crippen LogP contribution >= 0.6 is 0 Å². The summed E-state index contributed by atoms with van der Waals surface area (Å²) in [6, 6.07) is 37.1. The minimum atomic E-state index is -0.0132. The minimum Gasteiger partial charge on any atom is -0.509 e. The third-order valence-electron chi connectivity index (χ3n) is 9.97. The Hall–Kier alpha value is -4.47. The van der Waals surface area contributed by atoms with Crippen molar-refractivity contribution in [1.82, 2.24) is 19.3 Å². The molecule has 0 atom stereocenters. The van der Waals surface area contributed by atoms with Crippen LogP contribution in [0, 0.1) is 38.3 Å². The molecule has 4 aromatic carbocycles. The van der Waals surface area contributed by atoms with Crippen LogP contribution in [0.1, 0.15) is 88.9 Å². The molecule has 0 saturated heterocycles. The monoisotopic (exact) mass is 881 g/mol. The van der Waals surface area contributed by atoms with Crippen molar-refractivity contribution in [3.05, 3.63) is 131 Å². The maximum absolute atomic E-state index is 6.59. The maximum atomic E-state index is 6.59. The van der Waals surface area contributed by atoms with Crippen molar-refractivity contribution in [1.29, 1.82) is 0 Å². The van der Waals surface area contributed by atoms with Crippen LogP contribution in [-0.2, 0) is 32.9 Å². The summed E-state index contributed by atoms with van der Waals surface area (Å²) < 4.78 is 10.8. The summed E-state index contributed by atoms with van der Waals surface area (Å²) in [4.78, 5) is 4.90. The molecule has 274 valence electrons. The summed E-state index contributed by atoms with van der Waals surface area (Å²) >= 11 is 0. The van der Waals surface area contributed by atoms with Gasteiger partial charge in [0.15, 0.2) is 0 Å². The Labute approximate surface area is 329 Å². The molecular formula is C47H50N4OPt. The zero-order chi connectivity index (χ0) is 36.8. The number of unbranched alkanes of at least 4 members (excludes halogenated alkanes) is 1. The number of aromatic nitrogens is 4. The first-order valence-electron chi connectivity index (χ1n) is 18.6. The fourth-order valence-electron chi connectivity index (χ4n) is 7.27. The number of fused-ring (bicyclic) bond motifs is 3. The molecular weight excluding hydrogens is 832 g/mol. The smallest absolute Gasteiger partial charge is 0.509 e. The number of pyridine rings is 1. The van der Waals surface area contributed by atoms with E-state index in [0.29, 0.717) is 16.9 Å². The Balaban J connectivity index is 0.00000481. The zero-order valence-electron chi connectivity index (χ0n) is 32.5. The Morgan fingerprint density at radius 3 is 2.26 bits per heavy atom. The second kappa shape index (κ2) is 15.1. The minimum absolute atomic E-state index is 0. The average molecular weight is 882 g/mol. The number of hydrogen-bond acceptors (Lipinski definition) is 3. The normalized spacial score (nSPS) is 12.0. The van der Waals surface area contributed by atoms with Crippen LogP contribution in [0.3, 0.4) is 0 Å². The first-order chi connectivity index (χ1) is 24.7. The Bertz CT molecular complexity index is 2390. The predicted molar refractivity (Wildman–Crippen MR) is 215 cm³/mol. The molecule has 5 nitrogen and oxygen atoms in total. The van der Waals surface area contributed by atoms with Gasteiger partial charge in [0.25, 0.3) is 0 Å². The molecule has 0 fully saturated rings. The number of rotatable bonds is 9. The van der Waals surface area contributed by atoms with Crippen LogP contribution < -0.4 is 4.74 Å². The number of hydrogen-bond donors (Lipinski definition) is 0. The topological polar surface area (TPSA) is 44.9 Å². The Morgan fingerprint density at radius 2 is 1.53 bits per heavy atom. The number of ether oxygens (including phenoxy) is 1. The first-order valence-corrected chi connectivity index (χ1v) is 18.6. The Kier molecular flexibility index (Phi) is 10.9. The molecule has 53 heavy (non-hydrogen) atoms. The van der Waals surface area contributed by atoms with Gasteiger partial charge in [0.1, 0.15) is 5.82 Å². The number of nitrogens with zero attached hydrogens (tertiary/aromatic N) is 4. The molecule has 7 rings (SSSR count). The summed E-state index contributed by atoms with van der Waals surface area (Å²) in [5.41, 5.74) is 11.2. The van der Waals surface area contributed by atoms with Gasteiger partial charge in [-0.1, -0.05) is 103 Å². The van der Waals surface area contributed by atoms with E-state index in [1.165, 1.54) is 35.8 Å². The van der Waals surface area contributed by atoms with E-state index < -0.39 is 0 Å². The molecule has 0 N–H and O–H groups in total. The van der Waals surface area contributed by atoms with Gasteiger partial charge in [-0.25, -0.2) is 4.98 Å². The summed E-state index contributed by atoms with van der Waals surface area (Å²) in [6.07, 6.45) is 6.63. The SMILES string of the molecule is Cc1cc(Oc2[c-]c3c(cc2)c2cc(CCCCC(C)(C)C)ccc2n3-c2cc(C(C)(C)C)ccn2)[c-]c(-n2nc(C)c(-c3ccccc3)c2C)c1.[Pt+2]. The quantitative estimate of drug-likeness (QED) is 0.107. The molecule has 7 aromatic rings. The van der Waals surface area contributed by atoms with Gasteiger partial charge in [0.05, 0.1) is 5.69 Å². The van der Waals surface area contributed by atoms with Crippen LogP contribution in [0.2, 0.25) is 0 Å². The first kappa shape index (κ1) is 38.3. The van der Waals surface area contributed by atoms with Crippen molar-refractivity contribution in [2.75, 3.05) is 0 Å². The van der Waals surface area contributed by atoms with E-state index in [1.54, 1.807) is 0 Å². The molecule has 0 spiro atoms. The van der Waals surface area contributed by atoms with E-state index in [9.17, 15) is 0 Å². The van der Waals surface area contributed by atoms with E-state index in [1.807, 2.05) is 29.1 Å². The summed E-state index contributed by atoms with van der Waals surface area (Å²) in [7, 11) is 0. The van der Waals surface area contributed by atoms with E-state index >= 15 is 0 Å². The van der Waals surface area contributed by atoms with Gasteiger partial charge in [-0.2, -0.15) is 16.7 Å². The molecule has 0 amide bonds. The van der Waals surface area contributed by atoms with Gasteiger partial charge >= 0.3 is 21.1 Å². The van der Waals surface area contributed by atoms with Gasteiger partial charge in [0.2, 0.25) is 0 Å². The zero-order valence-corrected chi connectivity index (χ0v) is 34.8. The maximum Gasteiger partial charge on any atom is 2.00 e. The van der Waals surface area contributed by atoms with Crippen LogP contribution in [0.15, 0.2) is 91.1 Å². The summed E-state index contributed by atoms with van der Waals surface area (Å²) in [6.45, 7) is 19.9. The van der Waals surface area contributed by atoms with E-state index in [-0.39, 0.29) is 26.5 Å². The van der Waals surface area contributed by atoms with Crippen molar-refractivity contribution in [2.45, 2.75) is 93.4 Å². The second-order valence-electron chi connectivity index (χ2n) is 16.5. The molecule has 0 unspecified atom stereocenters. The number of benzene rings is 4. The third-order valence-corrected chi connectivity index (χ3v) is 9.97. The second-order valence-corrected chi connectivity index (χ2v) is 16.5. The van der Waals surface area contributed by atoms with Crippen LogP contribution in [0.25, 0.3) is 44.4 Å². The van der Waals surface area contributed by atoms with Crippen LogP contribution in [0.5, 0.6) is 11.5 Å². The van der Waals surface area contributed by atoms with Gasteiger partial charge in [-0.05, 0) is 89.9 Å². The predicted octanol–water partition coefficient (Wildman–Crippen LogP) is 12.4. The van der Waals surface area contributed by atoms with Gasteiger partial charge in [-0.15, -0.1) is 35.7 Å². The van der Waals surface area contributed by atoms with Crippen molar-refractivity contribution in [3.63, 3.8) is 0 Å². The third kappa shape index (κ3) is 8.21. The summed E-state index contributed by atoms with van der Waals surface area (Å²) in [5.74, 6) is 2.12. The largest absolute Gasteiger partial charge is 2.00 e. The molecule has 0 radical (unpaired) electrons. The molecule has 0 aliphatic carbocycles. The van der Waals surface area contributed by atoms with E-state index in [0.717, 1.165) is 62.4 Å². The summed E-state index contributed by atoms with van der Waals surface area (Å²) in [5, 5.41) is 7.27. The number of aryl methyl sites for hydroxylation is 3. The molecule has 6 heteroatoms.